The number of alkyl halides is 7. The van der Waals surface area contributed by atoms with Gasteiger partial charge in [0.2, 0.25) is 0 Å². The van der Waals surface area contributed by atoms with Crippen LogP contribution < -0.4 is 0 Å². The standard InChI is InChI=1S/C12H8BrF6NO2/c13-6-20-8(7-4-2-1-3-5-7)9(21)22-10(20,11(14,15)16)12(17,18)19/h1-5,8H,6H2. The molecule has 0 saturated carbocycles. The van der Waals surface area contributed by atoms with Gasteiger partial charge in [-0.1, -0.05) is 46.3 Å². The zero-order valence-corrected chi connectivity index (χ0v) is 12.2. The molecule has 0 aromatic heterocycles. The van der Waals surface area contributed by atoms with Crippen molar-refractivity contribution in [2.45, 2.75) is 24.1 Å². The lowest BCUT2D eigenvalue weighted by Crippen LogP contribution is -2.65. The number of hydrogen-bond acceptors (Lipinski definition) is 3. The molecule has 22 heavy (non-hydrogen) atoms. The SMILES string of the molecule is O=C1OC(C(F)(F)F)(C(F)(F)F)N(CBr)C1c1ccccc1. The highest BCUT2D eigenvalue weighted by Gasteiger charge is 2.81. The van der Waals surface area contributed by atoms with Crippen molar-refractivity contribution in [3.63, 3.8) is 0 Å². The van der Waals surface area contributed by atoms with Gasteiger partial charge in [-0.05, 0) is 5.56 Å². The van der Waals surface area contributed by atoms with Crippen molar-refractivity contribution in [1.82, 2.24) is 4.90 Å². The molecule has 1 aliphatic heterocycles. The molecule has 1 fully saturated rings. The van der Waals surface area contributed by atoms with Crippen molar-refractivity contribution in [1.29, 1.82) is 0 Å². The summed E-state index contributed by atoms with van der Waals surface area (Å²) in [6.45, 7) is 0. The van der Waals surface area contributed by atoms with E-state index in [2.05, 4.69) is 20.7 Å². The third-order valence-corrected chi connectivity index (χ3v) is 3.74. The smallest absolute Gasteiger partial charge is 0.423 e. The second-order valence-corrected chi connectivity index (χ2v) is 4.96. The Kier molecular flexibility index (Phi) is 4.20. The highest BCUT2D eigenvalue weighted by Crippen LogP contribution is 2.55. The first-order valence-corrected chi connectivity index (χ1v) is 6.92. The lowest BCUT2D eigenvalue weighted by molar-refractivity contribution is -0.399. The number of carbonyl (C=O) groups is 1. The zero-order chi connectivity index (χ0) is 16.8. The number of carbonyl (C=O) groups excluding carboxylic acids is 1. The molecule has 122 valence electrons. The summed E-state index contributed by atoms with van der Waals surface area (Å²) >= 11 is 2.60. The number of ether oxygens (including phenoxy) is 1. The molecule has 3 nitrogen and oxygen atoms in total. The third-order valence-electron chi connectivity index (χ3n) is 3.20. The van der Waals surface area contributed by atoms with Gasteiger partial charge in [0.1, 0.15) is 6.04 Å². The Labute approximate surface area is 129 Å². The Bertz CT molecular complexity index is 545. The van der Waals surface area contributed by atoms with Crippen molar-refractivity contribution in [3.8, 4) is 0 Å². The van der Waals surface area contributed by atoms with E-state index in [-0.39, 0.29) is 10.5 Å². The molecule has 0 aliphatic carbocycles. The number of hydrogen-bond donors (Lipinski definition) is 0. The van der Waals surface area contributed by atoms with E-state index < -0.39 is 35.5 Å². The molecule has 1 atom stereocenters. The minimum Gasteiger partial charge on any atom is -0.423 e. The fourth-order valence-corrected chi connectivity index (χ4v) is 2.92. The minimum atomic E-state index is -5.85. The number of nitrogens with zero attached hydrogens (tertiary/aromatic N) is 1. The van der Waals surface area contributed by atoms with Crippen LogP contribution in [-0.2, 0) is 9.53 Å². The molecule has 1 saturated heterocycles. The Morgan fingerprint density at radius 1 is 1.09 bits per heavy atom. The fourth-order valence-electron chi connectivity index (χ4n) is 2.28. The van der Waals surface area contributed by atoms with Crippen LogP contribution in [0.3, 0.4) is 0 Å². The lowest BCUT2D eigenvalue weighted by Gasteiger charge is -2.38. The third kappa shape index (κ3) is 2.37. The second-order valence-electron chi connectivity index (χ2n) is 4.46. The largest absolute Gasteiger partial charge is 0.453 e. The van der Waals surface area contributed by atoms with Crippen LogP contribution in [0, 0.1) is 0 Å². The summed E-state index contributed by atoms with van der Waals surface area (Å²) in [5.74, 6) is -1.61. The number of benzene rings is 1. The summed E-state index contributed by atoms with van der Waals surface area (Å²) in [7, 11) is 0. The summed E-state index contributed by atoms with van der Waals surface area (Å²) in [4.78, 5) is 11.7. The number of halogens is 7. The van der Waals surface area contributed by atoms with Crippen LogP contribution in [0.1, 0.15) is 11.6 Å². The van der Waals surface area contributed by atoms with Crippen LogP contribution in [-0.4, -0.2) is 34.4 Å². The quantitative estimate of drug-likeness (QED) is 0.332. The van der Waals surface area contributed by atoms with E-state index >= 15 is 0 Å². The molecule has 10 heteroatoms. The molecule has 0 bridgehead atoms. The van der Waals surface area contributed by atoms with Gasteiger partial charge in [0.15, 0.2) is 0 Å². The summed E-state index contributed by atoms with van der Waals surface area (Å²) in [6, 6.07) is 5.01. The van der Waals surface area contributed by atoms with Crippen molar-refractivity contribution in [3.05, 3.63) is 35.9 Å². The second kappa shape index (κ2) is 5.41. The van der Waals surface area contributed by atoms with E-state index in [1.54, 1.807) is 0 Å². The maximum Gasteiger partial charge on any atom is 0.453 e. The van der Waals surface area contributed by atoms with Crippen LogP contribution in [0.4, 0.5) is 26.3 Å². The maximum atomic E-state index is 13.2. The van der Waals surface area contributed by atoms with Crippen LogP contribution in [0.25, 0.3) is 0 Å². The molecule has 1 unspecified atom stereocenters. The van der Waals surface area contributed by atoms with E-state index in [4.69, 9.17) is 0 Å². The van der Waals surface area contributed by atoms with E-state index in [1.165, 1.54) is 30.3 Å². The minimum absolute atomic E-state index is 0.0256. The first-order chi connectivity index (χ1) is 10.1. The Balaban J connectivity index is 2.62. The fraction of sp³-hybridized carbons (Fsp3) is 0.417. The first kappa shape index (κ1) is 17.1. The predicted octanol–water partition coefficient (Wildman–Crippen LogP) is 3.76. The van der Waals surface area contributed by atoms with Crippen LogP contribution in [0.5, 0.6) is 0 Å². The maximum absolute atomic E-state index is 13.2. The molecule has 1 heterocycles. The molecule has 1 aromatic rings. The van der Waals surface area contributed by atoms with E-state index in [1.807, 2.05) is 0 Å². The van der Waals surface area contributed by atoms with E-state index in [9.17, 15) is 31.1 Å². The Hall–Kier alpha value is -1.29. The first-order valence-electron chi connectivity index (χ1n) is 5.80. The van der Waals surface area contributed by atoms with Gasteiger partial charge < -0.3 is 4.74 Å². The molecule has 0 N–H and O–H groups in total. The van der Waals surface area contributed by atoms with Crippen LogP contribution in [0.2, 0.25) is 0 Å². The predicted molar refractivity (Wildman–Crippen MR) is 65.7 cm³/mol. The summed E-state index contributed by atoms with van der Waals surface area (Å²) in [5.41, 5.74) is -5.57. The van der Waals surface area contributed by atoms with Gasteiger partial charge in [-0.3, -0.25) is 0 Å². The molecule has 0 amide bonds. The molecule has 1 aliphatic rings. The lowest BCUT2D eigenvalue weighted by atomic mass is 10.0. The zero-order valence-electron chi connectivity index (χ0n) is 10.6. The molecule has 0 radical (unpaired) electrons. The monoisotopic (exact) mass is 391 g/mol. The molecule has 2 rings (SSSR count). The van der Waals surface area contributed by atoms with Crippen LogP contribution >= 0.6 is 15.9 Å². The van der Waals surface area contributed by atoms with Crippen molar-refractivity contribution in [2.24, 2.45) is 0 Å². The molecular formula is C12H8BrF6NO2. The normalized spacial score (nSPS) is 22.7. The van der Waals surface area contributed by atoms with Crippen LogP contribution in [0.15, 0.2) is 30.3 Å². The van der Waals surface area contributed by atoms with Gasteiger partial charge in [0.05, 0.1) is 5.45 Å². The average molecular weight is 392 g/mol. The molecular weight excluding hydrogens is 384 g/mol. The highest BCUT2D eigenvalue weighted by molar-refractivity contribution is 9.09. The molecule has 1 aromatic carbocycles. The summed E-state index contributed by atoms with van der Waals surface area (Å²) < 4.78 is 82.8. The van der Waals surface area contributed by atoms with Gasteiger partial charge in [-0.15, -0.1) is 0 Å². The highest BCUT2D eigenvalue weighted by atomic mass is 79.9. The van der Waals surface area contributed by atoms with Gasteiger partial charge in [0.25, 0.3) is 0 Å². The van der Waals surface area contributed by atoms with Crippen molar-refractivity contribution < 1.29 is 35.9 Å². The summed E-state index contributed by atoms with van der Waals surface area (Å²) in [6.07, 6.45) is -11.7. The van der Waals surface area contributed by atoms with Gasteiger partial charge in [-0.25, -0.2) is 9.69 Å². The van der Waals surface area contributed by atoms with Gasteiger partial charge in [0, 0.05) is 0 Å². The van der Waals surface area contributed by atoms with Gasteiger partial charge in [-0.2, -0.15) is 26.3 Å². The Morgan fingerprint density at radius 2 is 1.59 bits per heavy atom. The number of cyclic esters (lactones) is 1. The summed E-state index contributed by atoms with van der Waals surface area (Å²) in [5, 5.41) is 0. The Morgan fingerprint density at radius 3 is 2.00 bits per heavy atom. The van der Waals surface area contributed by atoms with Gasteiger partial charge >= 0.3 is 24.0 Å². The number of rotatable bonds is 2. The topological polar surface area (TPSA) is 29.5 Å². The molecule has 0 spiro atoms. The van der Waals surface area contributed by atoms with E-state index in [0.29, 0.717) is 0 Å². The van der Waals surface area contributed by atoms with Crippen molar-refractivity contribution in [2.75, 3.05) is 5.45 Å². The van der Waals surface area contributed by atoms with Crippen molar-refractivity contribution >= 4 is 21.9 Å². The number of esters is 1. The van der Waals surface area contributed by atoms with E-state index in [0.717, 1.165) is 0 Å². The average Bonchev–Trinajstić information content (AvgIpc) is 2.72.